The summed E-state index contributed by atoms with van der Waals surface area (Å²) in [6, 6.07) is 4.86. The van der Waals surface area contributed by atoms with E-state index in [0.717, 1.165) is 5.56 Å². The third-order valence-corrected chi connectivity index (χ3v) is 1.52. The lowest BCUT2D eigenvalue weighted by Gasteiger charge is -2.03. The van der Waals surface area contributed by atoms with E-state index in [1.165, 1.54) is 12.1 Å². The molecule has 1 aromatic rings. The van der Waals surface area contributed by atoms with Gasteiger partial charge in [0.2, 0.25) is 5.91 Å². The third kappa shape index (κ3) is 2.63. The monoisotopic (exact) mass is 177 g/mol. The smallest absolute Gasteiger partial charge is 0.247 e. The molecule has 0 fully saturated rings. The first-order valence-electron chi connectivity index (χ1n) is 3.86. The lowest BCUT2D eigenvalue weighted by atomic mass is 10.2. The summed E-state index contributed by atoms with van der Waals surface area (Å²) in [5, 5.41) is 11.8. The summed E-state index contributed by atoms with van der Waals surface area (Å²) in [5.74, 6) is -0.149. The van der Waals surface area contributed by atoms with E-state index in [4.69, 9.17) is 0 Å². The lowest BCUT2D eigenvalue weighted by molar-refractivity contribution is -0.111. The Bertz CT molecular complexity index is 325. The Balaban J connectivity index is 2.89. The van der Waals surface area contributed by atoms with Crippen molar-refractivity contribution in [3.05, 3.63) is 36.4 Å². The molecule has 2 N–H and O–H groups in total. The molecular formula is C10H11NO2. The van der Waals surface area contributed by atoms with Crippen LogP contribution in [0.4, 0.5) is 5.69 Å². The number of nitrogens with one attached hydrogen (secondary N) is 1. The minimum atomic E-state index is -0.287. The first-order valence-corrected chi connectivity index (χ1v) is 3.86. The van der Waals surface area contributed by atoms with Crippen LogP contribution >= 0.6 is 0 Å². The zero-order valence-electron chi connectivity index (χ0n) is 7.37. The fourth-order valence-corrected chi connectivity index (χ4v) is 1.03. The number of aromatic hydroxyl groups is 1. The van der Waals surface area contributed by atoms with Gasteiger partial charge in [0.1, 0.15) is 5.75 Å². The highest BCUT2D eigenvalue weighted by Crippen LogP contribution is 2.18. The van der Waals surface area contributed by atoms with Crippen molar-refractivity contribution >= 4 is 11.6 Å². The van der Waals surface area contributed by atoms with Crippen LogP contribution in [0.15, 0.2) is 30.9 Å². The van der Waals surface area contributed by atoms with Gasteiger partial charge in [-0.25, -0.2) is 0 Å². The number of phenols is 1. The summed E-state index contributed by atoms with van der Waals surface area (Å²) in [7, 11) is 0. The van der Waals surface area contributed by atoms with Gasteiger partial charge in [-0.1, -0.05) is 6.58 Å². The van der Waals surface area contributed by atoms with Gasteiger partial charge in [0.15, 0.2) is 0 Å². The van der Waals surface area contributed by atoms with Gasteiger partial charge < -0.3 is 10.4 Å². The van der Waals surface area contributed by atoms with Crippen molar-refractivity contribution in [2.24, 2.45) is 0 Å². The number of anilines is 1. The second kappa shape index (κ2) is 3.76. The number of hydrogen-bond acceptors (Lipinski definition) is 2. The Kier molecular flexibility index (Phi) is 2.69. The molecule has 3 heteroatoms. The maximum atomic E-state index is 10.9. The molecule has 0 aliphatic carbocycles. The number of amides is 1. The number of hydrogen-bond donors (Lipinski definition) is 2. The number of rotatable bonds is 2. The van der Waals surface area contributed by atoms with Gasteiger partial charge >= 0.3 is 0 Å². The van der Waals surface area contributed by atoms with Crippen LogP contribution < -0.4 is 5.32 Å². The standard InChI is InChI=1S/C10H11NO2/c1-3-10(13)11-8-4-7(2)5-9(12)6-8/h3-6,12H,1H2,2H3,(H,11,13). The van der Waals surface area contributed by atoms with E-state index in [2.05, 4.69) is 11.9 Å². The van der Waals surface area contributed by atoms with Crippen LogP contribution in [0.3, 0.4) is 0 Å². The highest BCUT2D eigenvalue weighted by Gasteiger charge is 1.99. The molecule has 0 saturated carbocycles. The summed E-state index contributed by atoms with van der Waals surface area (Å²) in [6.45, 7) is 5.16. The summed E-state index contributed by atoms with van der Waals surface area (Å²) in [6.07, 6.45) is 1.18. The van der Waals surface area contributed by atoms with E-state index in [-0.39, 0.29) is 11.7 Å². The van der Waals surface area contributed by atoms with Crippen molar-refractivity contribution in [2.45, 2.75) is 6.92 Å². The van der Waals surface area contributed by atoms with Crippen LogP contribution in [0.2, 0.25) is 0 Å². The molecule has 0 unspecified atom stereocenters. The van der Waals surface area contributed by atoms with Crippen LogP contribution in [-0.4, -0.2) is 11.0 Å². The van der Waals surface area contributed by atoms with Crippen LogP contribution in [0.5, 0.6) is 5.75 Å². The molecular weight excluding hydrogens is 166 g/mol. The van der Waals surface area contributed by atoms with Crippen LogP contribution in [0.25, 0.3) is 0 Å². The maximum Gasteiger partial charge on any atom is 0.247 e. The Morgan fingerprint density at radius 1 is 1.54 bits per heavy atom. The summed E-state index contributed by atoms with van der Waals surface area (Å²) in [5.41, 5.74) is 1.46. The molecule has 0 aliphatic heterocycles. The van der Waals surface area contributed by atoms with Crippen LogP contribution in [0, 0.1) is 6.92 Å². The Labute approximate surface area is 76.7 Å². The second-order valence-electron chi connectivity index (χ2n) is 2.75. The fourth-order valence-electron chi connectivity index (χ4n) is 1.03. The molecule has 1 rings (SSSR count). The van der Waals surface area contributed by atoms with Crippen molar-refractivity contribution in [3.8, 4) is 5.75 Å². The molecule has 1 amide bonds. The molecule has 13 heavy (non-hydrogen) atoms. The number of benzene rings is 1. The van der Waals surface area contributed by atoms with Crippen molar-refractivity contribution in [1.82, 2.24) is 0 Å². The largest absolute Gasteiger partial charge is 0.508 e. The maximum absolute atomic E-state index is 10.9. The number of carbonyl (C=O) groups excluding carboxylic acids is 1. The average Bonchev–Trinajstić information content (AvgIpc) is 2.02. The lowest BCUT2D eigenvalue weighted by Crippen LogP contribution is -2.07. The molecule has 0 saturated heterocycles. The first kappa shape index (κ1) is 9.32. The third-order valence-electron chi connectivity index (χ3n) is 1.52. The van der Waals surface area contributed by atoms with Crippen LogP contribution in [0.1, 0.15) is 5.56 Å². The molecule has 3 nitrogen and oxygen atoms in total. The van der Waals surface area contributed by atoms with E-state index in [0.29, 0.717) is 5.69 Å². The molecule has 1 aromatic carbocycles. The summed E-state index contributed by atoms with van der Waals surface area (Å²) < 4.78 is 0. The summed E-state index contributed by atoms with van der Waals surface area (Å²) in [4.78, 5) is 10.9. The zero-order valence-corrected chi connectivity index (χ0v) is 7.37. The predicted octanol–water partition coefficient (Wildman–Crippen LogP) is 1.83. The first-order chi connectivity index (χ1) is 6.11. The molecule has 0 aromatic heterocycles. The number of aryl methyl sites for hydroxylation is 1. The van der Waals surface area contributed by atoms with Gasteiger partial charge in [-0.3, -0.25) is 4.79 Å². The highest BCUT2D eigenvalue weighted by molar-refractivity contribution is 5.99. The zero-order chi connectivity index (χ0) is 9.84. The molecule has 0 spiro atoms. The van der Waals surface area contributed by atoms with Crippen molar-refractivity contribution in [2.75, 3.05) is 5.32 Å². The molecule has 0 heterocycles. The predicted molar refractivity (Wildman–Crippen MR) is 51.7 cm³/mol. The normalized spacial score (nSPS) is 9.31. The van der Waals surface area contributed by atoms with E-state index >= 15 is 0 Å². The van der Waals surface area contributed by atoms with Gasteiger partial charge in [0, 0.05) is 11.8 Å². The highest BCUT2D eigenvalue weighted by atomic mass is 16.3. The molecule has 0 radical (unpaired) electrons. The molecule has 0 atom stereocenters. The fraction of sp³-hybridized carbons (Fsp3) is 0.100. The molecule has 68 valence electrons. The Hall–Kier alpha value is -1.77. The number of carbonyl (C=O) groups is 1. The van der Waals surface area contributed by atoms with Gasteiger partial charge in [-0.15, -0.1) is 0 Å². The minimum absolute atomic E-state index is 0.138. The van der Waals surface area contributed by atoms with E-state index in [1.54, 1.807) is 12.1 Å². The molecule has 0 bridgehead atoms. The van der Waals surface area contributed by atoms with Crippen molar-refractivity contribution < 1.29 is 9.90 Å². The van der Waals surface area contributed by atoms with Gasteiger partial charge in [0.25, 0.3) is 0 Å². The molecule has 0 aliphatic rings. The van der Waals surface area contributed by atoms with Gasteiger partial charge in [-0.05, 0) is 30.7 Å². The minimum Gasteiger partial charge on any atom is -0.508 e. The summed E-state index contributed by atoms with van der Waals surface area (Å²) >= 11 is 0. The van der Waals surface area contributed by atoms with E-state index in [1.807, 2.05) is 6.92 Å². The average molecular weight is 177 g/mol. The van der Waals surface area contributed by atoms with Crippen LogP contribution in [-0.2, 0) is 4.79 Å². The second-order valence-corrected chi connectivity index (χ2v) is 2.75. The van der Waals surface area contributed by atoms with E-state index in [9.17, 15) is 9.90 Å². The van der Waals surface area contributed by atoms with E-state index < -0.39 is 0 Å². The van der Waals surface area contributed by atoms with Gasteiger partial charge in [-0.2, -0.15) is 0 Å². The quantitative estimate of drug-likeness (QED) is 0.677. The number of phenolic OH excluding ortho intramolecular Hbond substituents is 1. The van der Waals surface area contributed by atoms with Crippen molar-refractivity contribution in [1.29, 1.82) is 0 Å². The topological polar surface area (TPSA) is 49.3 Å². The Morgan fingerprint density at radius 2 is 2.23 bits per heavy atom. The van der Waals surface area contributed by atoms with Crippen molar-refractivity contribution in [3.63, 3.8) is 0 Å². The van der Waals surface area contributed by atoms with Gasteiger partial charge in [0.05, 0.1) is 0 Å². The Morgan fingerprint density at radius 3 is 2.77 bits per heavy atom. The SMILES string of the molecule is C=CC(=O)Nc1cc(C)cc(O)c1.